The van der Waals surface area contributed by atoms with Crippen molar-refractivity contribution in [3.63, 3.8) is 0 Å². The molecule has 1 rings (SSSR count). The van der Waals surface area contributed by atoms with Gasteiger partial charge in [0.25, 0.3) is 0 Å². The molecule has 0 bridgehead atoms. The van der Waals surface area contributed by atoms with Crippen molar-refractivity contribution in [3.8, 4) is 0 Å². The molecule has 5 nitrogen and oxygen atoms in total. The Morgan fingerprint density at radius 1 is 1.29 bits per heavy atom. The Labute approximate surface area is 84.2 Å². The summed E-state index contributed by atoms with van der Waals surface area (Å²) in [5.41, 5.74) is 0. The summed E-state index contributed by atoms with van der Waals surface area (Å²) in [5.74, 6) is -0.162. The van der Waals surface area contributed by atoms with Crippen LogP contribution in [0.3, 0.4) is 0 Å². The van der Waals surface area contributed by atoms with E-state index in [2.05, 4.69) is 0 Å². The highest BCUT2D eigenvalue weighted by atomic mass is 16.5. The molecule has 0 saturated carbocycles. The van der Waals surface area contributed by atoms with Gasteiger partial charge in [0, 0.05) is 26.2 Å². The SMILES string of the molecule is CCOC(=O)CN1CCN(CO)CC1. The zero-order chi connectivity index (χ0) is 10.4. The minimum Gasteiger partial charge on any atom is -0.465 e. The maximum atomic E-state index is 11.1. The van der Waals surface area contributed by atoms with E-state index in [0.717, 1.165) is 26.2 Å². The van der Waals surface area contributed by atoms with Gasteiger partial charge in [-0.3, -0.25) is 14.6 Å². The highest BCUT2D eigenvalue weighted by Crippen LogP contribution is 2.00. The molecule has 1 N–H and O–H groups in total. The van der Waals surface area contributed by atoms with E-state index in [4.69, 9.17) is 9.84 Å². The van der Waals surface area contributed by atoms with Crippen LogP contribution in [0.1, 0.15) is 6.92 Å². The number of hydrogen-bond acceptors (Lipinski definition) is 5. The van der Waals surface area contributed by atoms with Crippen molar-refractivity contribution in [1.29, 1.82) is 0 Å². The van der Waals surface area contributed by atoms with Crippen LogP contribution >= 0.6 is 0 Å². The lowest BCUT2D eigenvalue weighted by molar-refractivity contribution is -0.144. The van der Waals surface area contributed by atoms with E-state index in [1.807, 2.05) is 16.7 Å². The summed E-state index contributed by atoms with van der Waals surface area (Å²) in [6, 6.07) is 0. The minimum absolute atomic E-state index is 0.104. The molecule has 0 aliphatic carbocycles. The minimum atomic E-state index is -0.162. The average molecular weight is 202 g/mol. The molecule has 0 radical (unpaired) electrons. The van der Waals surface area contributed by atoms with Crippen LogP contribution < -0.4 is 0 Å². The van der Waals surface area contributed by atoms with Crippen molar-refractivity contribution in [3.05, 3.63) is 0 Å². The van der Waals surface area contributed by atoms with Crippen molar-refractivity contribution in [2.75, 3.05) is 46.1 Å². The zero-order valence-corrected chi connectivity index (χ0v) is 8.61. The van der Waals surface area contributed by atoms with E-state index >= 15 is 0 Å². The van der Waals surface area contributed by atoms with Crippen LogP contribution in [0.2, 0.25) is 0 Å². The topological polar surface area (TPSA) is 53.0 Å². The van der Waals surface area contributed by atoms with Gasteiger partial charge in [0.2, 0.25) is 0 Å². The number of carbonyl (C=O) groups excluding carboxylic acids is 1. The Morgan fingerprint density at radius 3 is 2.36 bits per heavy atom. The number of aliphatic hydroxyl groups excluding tert-OH is 1. The van der Waals surface area contributed by atoms with Crippen LogP contribution in [-0.4, -0.2) is 66.9 Å². The van der Waals surface area contributed by atoms with Gasteiger partial charge in [0.15, 0.2) is 0 Å². The highest BCUT2D eigenvalue weighted by molar-refractivity contribution is 5.71. The first-order chi connectivity index (χ1) is 6.76. The van der Waals surface area contributed by atoms with Gasteiger partial charge in [-0.25, -0.2) is 0 Å². The summed E-state index contributed by atoms with van der Waals surface area (Å²) in [6.45, 7) is 5.99. The van der Waals surface area contributed by atoms with Crippen LogP contribution in [0.25, 0.3) is 0 Å². The Balaban J connectivity index is 2.18. The van der Waals surface area contributed by atoms with Crippen molar-refractivity contribution in [2.24, 2.45) is 0 Å². The summed E-state index contributed by atoms with van der Waals surface area (Å²) < 4.78 is 4.85. The molecule has 5 heteroatoms. The van der Waals surface area contributed by atoms with Gasteiger partial charge in [0.1, 0.15) is 0 Å². The lowest BCUT2D eigenvalue weighted by atomic mass is 10.3. The number of rotatable bonds is 4. The fourth-order valence-electron chi connectivity index (χ4n) is 1.48. The van der Waals surface area contributed by atoms with Crippen LogP contribution in [0.15, 0.2) is 0 Å². The first-order valence-electron chi connectivity index (χ1n) is 4.97. The third-order valence-corrected chi connectivity index (χ3v) is 2.32. The lowest BCUT2D eigenvalue weighted by Crippen LogP contribution is -2.48. The summed E-state index contributed by atoms with van der Waals surface area (Å²) >= 11 is 0. The molecule has 82 valence electrons. The quantitative estimate of drug-likeness (QED) is 0.600. The molecule has 0 aromatic heterocycles. The van der Waals surface area contributed by atoms with Crippen molar-refractivity contribution in [1.82, 2.24) is 9.80 Å². The number of carbonyl (C=O) groups is 1. The van der Waals surface area contributed by atoms with Crippen molar-refractivity contribution >= 4 is 5.97 Å². The van der Waals surface area contributed by atoms with Gasteiger partial charge in [-0.15, -0.1) is 0 Å². The number of esters is 1. The normalized spacial score (nSPS) is 19.6. The molecule has 1 aliphatic rings. The number of hydrogen-bond donors (Lipinski definition) is 1. The van der Waals surface area contributed by atoms with Gasteiger partial charge < -0.3 is 9.84 Å². The van der Waals surface area contributed by atoms with E-state index in [9.17, 15) is 4.79 Å². The summed E-state index contributed by atoms with van der Waals surface area (Å²) in [6.07, 6.45) is 0. The summed E-state index contributed by atoms with van der Waals surface area (Å²) in [7, 11) is 0. The third-order valence-electron chi connectivity index (χ3n) is 2.32. The molecule has 0 aromatic carbocycles. The predicted octanol–water partition coefficient (Wildman–Crippen LogP) is -0.883. The molecule has 0 spiro atoms. The fraction of sp³-hybridized carbons (Fsp3) is 0.889. The Hall–Kier alpha value is -0.650. The number of piperazine rings is 1. The standard InChI is InChI=1S/C9H18N2O3/c1-2-14-9(13)7-10-3-5-11(8-12)6-4-10/h12H,2-8H2,1H3. The first kappa shape index (κ1) is 11.4. The van der Waals surface area contributed by atoms with Crippen LogP contribution in [0.5, 0.6) is 0 Å². The molecular weight excluding hydrogens is 184 g/mol. The van der Waals surface area contributed by atoms with E-state index in [-0.39, 0.29) is 12.7 Å². The second kappa shape index (κ2) is 5.95. The molecule has 0 atom stereocenters. The fourth-order valence-corrected chi connectivity index (χ4v) is 1.48. The summed E-state index contributed by atoms with van der Waals surface area (Å²) in [4.78, 5) is 15.1. The molecular formula is C9H18N2O3. The monoisotopic (exact) mass is 202 g/mol. The molecule has 0 unspecified atom stereocenters. The van der Waals surface area contributed by atoms with Gasteiger partial charge in [0.05, 0.1) is 19.9 Å². The smallest absolute Gasteiger partial charge is 0.320 e. The van der Waals surface area contributed by atoms with E-state index in [1.54, 1.807) is 0 Å². The molecule has 1 aliphatic heterocycles. The van der Waals surface area contributed by atoms with Crippen molar-refractivity contribution < 1.29 is 14.6 Å². The molecule has 1 fully saturated rings. The average Bonchev–Trinajstić information content (AvgIpc) is 2.19. The van der Waals surface area contributed by atoms with E-state index < -0.39 is 0 Å². The molecule has 1 saturated heterocycles. The van der Waals surface area contributed by atoms with Gasteiger partial charge in [-0.05, 0) is 6.92 Å². The number of ether oxygens (including phenoxy) is 1. The highest BCUT2D eigenvalue weighted by Gasteiger charge is 2.18. The summed E-state index contributed by atoms with van der Waals surface area (Å²) in [5, 5.41) is 8.86. The third kappa shape index (κ3) is 3.61. The Morgan fingerprint density at radius 2 is 1.86 bits per heavy atom. The number of nitrogens with zero attached hydrogens (tertiary/aromatic N) is 2. The predicted molar refractivity (Wildman–Crippen MR) is 51.7 cm³/mol. The van der Waals surface area contributed by atoms with Crippen molar-refractivity contribution in [2.45, 2.75) is 6.92 Å². The Bertz CT molecular complexity index is 179. The van der Waals surface area contributed by atoms with Crippen LogP contribution in [-0.2, 0) is 9.53 Å². The molecule has 0 aromatic rings. The van der Waals surface area contributed by atoms with Gasteiger partial charge in [-0.2, -0.15) is 0 Å². The Kier molecular flexibility index (Phi) is 4.86. The zero-order valence-electron chi connectivity index (χ0n) is 8.61. The van der Waals surface area contributed by atoms with E-state index in [0.29, 0.717) is 13.2 Å². The van der Waals surface area contributed by atoms with E-state index in [1.165, 1.54) is 0 Å². The van der Waals surface area contributed by atoms with Crippen LogP contribution in [0.4, 0.5) is 0 Å². The maximum Gasteiger partial charge on any atom is 0.320 e. The van der Waals surface area contributed by atoms with Crippen LogP contribution in [0, 0.1) is 0 Å². The molecule has 0 amide bonds. The van der Waals surface area contributed by atoms with Gasteiger partial charge >= 0.3 is 5.97 Å². The number of aliphatic hydroxyl groups is 1. The second-order valence-corrected chi connectivity index (χ2v) is 3.34. The first-order valence-corrected chi connectivity index (χ1v) is 4.97. The molecule has 14 heavy (non-hydrogen) atoms. The largest absolute Gasteiger partial charge is 0.465 e. The lowest BCUT2D eigenvalue weighted by Gasteiger charge is -2.32. The van der Waals surface area contributed by atoms with Gasteiger partial charge in [-0.1, -0.05) is 0 Å². The maximum absolute atomic E-state index is 11.1. The second-order valence-electron chi connectivity index (χ2n) is 3.34. The molecule has 1 heterocycles.